The van der Waals surface area contributed by atoms with Crippen LogP contribution in [0.25, 0.3) is 0 Å². The van der Waals surface area contributed by atoms with E-state index in [0.717, 1.165) is 0 Å². The van der Waals surface area contributed by atoms with Crippen molar-refractivity contribution in [1.29, 1.82) is 0 Å². The topological polar surface area (TPSA) is 136 Å². The van der Waals surface area contributed by atoms with Crippen LogP contribution in [-0.4, -0.2) is 45.9 Å². The van der Waals surface area contributed by atoms with Crippen LogP contribution < -0.4 is 11.1 Å². The molecule has 1 aromatic heterocycles. The molecule has 1 aromatic rings. The lowest BCUT2D eigenvalue weighted by atomic mass is 10.4. The molecule has 10 heteroatoms. The molecule has 4 N–H and O–H groups in total. The second-order valence-electron chi connectivity index (χ2n) is 3.12. The van der Waals surface area contributed by atoms with Gasteiger partial charge in [-0.25, -0.2) is 9.42 Å². The number of nitrogens with two attached hydrogens (primary N) is 1. The Balaban J connectivity index is 1.95. The van der Waals surface area contributed by atoms with Gasteiger partial charge in [-0.1, -0.05) is 16.9 Å². The van der Waals surface area contributed by atoms with Gasteiger partial charge in [-0.05, 0) is 10.3 Å². The fourth-order valence-corrected chi connectivity index (χ4v) is 2.07. The van der Waals surface area contributed by atoms with E-state index < -0.39 is 6.09 Å². The first-order valence-electron chi connectivity index (χ1n) is 4.58. The zero-order chi connectivity index (χ0) is 12.3. The molecule has 1 saturated heterocycles. The van der Waals surface area contributed by atoms with E-state index in [1.54, 1.807) is 0 Å². The average Bonchev–Trinajstić information content (AvgIpc) is 2.94. The van der Waals surface area contributed by atoms with Gasteiger partial charge in [0.2, 0.25) is 0 Å². The predicted molar refractivity (Wildman–Crippen MR) is 55.8 cm³/mol. The summed E-state index contributed by atoms with van der Waals surface area (Å²) in [7, 11) is 0. The lowest BCUT2D eigenvalue weighted by Crippen LogP contribution is -2.18. The van der Waals surface area contributed by atoms with Crippen LogP contribution in [0.3, 0.4) is 0 Å². The Labute approximate surface area is 99.3 Å². The highest BCUT2D eigenvalue weighted by Gasteiger charge is 2.24. The number of carbonyl (C=O) groups excluding carboxylic acids is 1. The van der Waals surface area contributed by atoms with E-state index in [0.29, 0.717) is 17.3 Å². The minimum Gasteiger partial charge on any atom is -0.443 e. The van der Waals surface area contributed by atoms with Crippen molar-refractivity contribution in [2.45, 2.75) is 11.1 Å². The summed E-state index contributed by atoms with van der Waals surface area (Å²) >= 11 is 1.24. The van der Waals surface area contributed by atoms with Crippen LogP contribution >= 0.6 is 11.8 Å². The number of aromatic nitrogens is 2. The van der Waals surface area contributed by atoms with Crippen LogP contribution in [0.1, 0.15) is 5.69 Å². The number of oxime groups is 1. The monoisotopic (exact) mass is 259 g/mol. The molecular weight excluding hydrogens is 250 g/mol. The Morgan fingerprint density at radius 2 is 2.53 bits per heavy atom. The maximum atomic E-state index is 10.8. The maximum Gasteiger partial charge on any atom is 0.407 e. The quantitative estimate of drug-likeness (QED) is 0.214. The van der Waals surface area contributed by atoms with Gasteiger partial charge in [0.1, 0.15) is 6.10 Å². The van der Waals surface area contributed by atoms with Gasteiger partial charge in [0.15, 0.2) is 16.6 Å². The fraction of sp³-hybridized carbons (Fsp3) is 0.429. The Bertz CT molecular complexity index is 447. The van der Waals surface area contributed by atoms with Gasteiger partial charge >= 0.3 is 6.09 Å². The number of nitrogens with one attached hydrogen (secondary N) is 1. The van der Waals surface area contributed by atoms with Gasteiger partial charge in [0.25, 0.3) is 0 Å². The maximum absolute atomic E-state index is 10.8. The Morgan fingerprint density at radius 1 is 1.71 bits per heavy atom. The highest BCUT2D eigenvalue weighted by Crippen LogP contribution is 2.21. The van der Waals surface area contributed by atoms with Crippen molar-refractivity contribution in [2.75, 3.05) is 12.3 Å². The Hall–Kier alpha value is -1.97. The summed E-state index contributed by atoms with van der Waals surface area (Å²) in [5.74, 6) is 0.286. The zero-order valence-electron chi connectivity index (χ0n) is 8.49. The minimum atomic E-state index is -0.439. The molecule has 0 saturated carbocycles. The first-order chi connectivity index (χ1) is 8.20. The van der Waals surface area contributed by atoms with Crippen LogP contribution in [0.4, 0.5) is 4.79 Å². The summed E-state index contributed by atoms with van der Waals surface area (Å²) in [5, 5.41) is 21.3. The third-order valence-corrected chi connectivity index (χ3v) is 3.04. The van der Waals surface area contributed by atoms with Crippen molar-refractivity contribution in [3.05, 3.63) is 5.69 Å². The highest BCUT2D eigenvalue weighted by atomic mass is 32.2. The predicted octanol–water partition coefficient (Wildman–Crippen LogP) is -0.635. The number of thioether (sulfide) groups is 1. The Morgan fingerprint density at radius 3 is 3.18 bits per heavy atom. The summed E-state index contributed by atoms with van der Waals surface area (Å²) in [6.45, 7) is 0.440. The van der Waals surface area contributed by atoms with Gasteiger partial charge in [-0.2, -0.15) is 0 Å². The van der Waals surface area contributed by atoms with Crippen LogP contribution in [0.2, 0.25) is 0 Å². The van der Waals surface area contributed by atoms with Crippen LogP contribution in [-0.2, 0) is 4.74 Å². The van der Waals surface area contributed by atoms with E-state index in [1.165, 1.54) is 11.8 Å². The van der Waals surface area contributed by atoms with E-state index >= 15 is 0 Å². The first-order valence-corrected chi connectivity index (χ1v) is 5.57. The Kier molecular flexibility index (Phi) is 3.32. The standard InChI is InChI=1S/C7H9N5O4S/c8-5(10-14)4-6(12-16-11-4)17-2-3-1-9-7(13)15-3/h3,14H,1-2H2,(H2,8,10)(H,9,13). The van der Waals surface area contributed by atoms with Crippen molar-refractivity contribution in [3.63, 3.8) is 0 Å². The lowest BCUT2D eigenvalue weighted by Gasteiger charge is -2.04. The molecule has 0 radical (unpaired) electrons. The first kappa shape index (κ1) is 11.5. The number of nitrogens with zero attached hydrogens (tertiary/aromatic N) is 3. The second kappa shape index (κ2) is 4.91. The molecule has 1 amide bonds. The fourth-order valence-electron chi connectivity index (χ4n) is 1.18. The summed E-state index contributed by atoms with van der Waals surface area (Å²) in [5.41, 5.74) is 5.53. The van der Waals surface area contributed by atoms with Crippen molar-refractivity contribution < 1.29 is 19.4 Å². The molecule has 0 bridgehead atoms. The highest BCUT2D eigenvalue weighted by molar-refractivity contribution is 7.99. The van der Waals surface area contributed by atoms with E-state index in [1.807, 2.05) is 0 Å². The number of rotatable bonds is 4. The molecule has 1 atom stereocenters. The third kappa shape index (κ3) is 2.58. The van der Waals surface area contributed by atoms with Crippen molar-refractivity contribution >= 4 is 23.7 Å². The largest absolute Gasteiger partial charge is 0.443 e. The number of amidine groups is 1. The van der Waals surface area contributed by atoms with E-state index in [2.05, 4.69) is 25.4 Å². The summed E-state index contributed by atoms with van der Waals surface area (Å²) in [4.78, 5) is 10.8. The summed E-state index contributed by atoms with van der Waals surface area (Å²) in [6, 6.07) is 0. The molecule has 17 heavy (non-hydrogen) atoms. The molecule has 0 aromatic carbocycles. The number of cyclic esters (lactones) is 1. The van der Waals surface area contributed by atoms with Gasteiger partial charge in [0, 0.05) is 5.75 Å². The number of carbonyl (C=O) groups is 1. The van der Waals surface area contributed by atoms with Gasteiger partial charge in [-0.15, -0.1) is 0 Å². The number of ether oxygens (including phenoxy) is 1. The molecule has 9 nitrogen and oxygen atoms in total. The number of hydrogen-bond acceptors (Lipinski definition) is 8. The molecule has 1 aliphatic rings. The van der Waals surface area contributed by atoms with E-state index in [4.69, 9.17) is 15.7 Å². The van der Waals surface area contributed by atoms with Gasteiger partial charge in [-0.3, -0.25) is 0 Å². The van der Waals surface area contributed by atoms with Crippen molar-refractivity contribution in [1.82, 2.24) is 15.6 Å². The van der Waals surface area contributed by atoms with Crippen molar-refractivity contribution in [3.8, 4) is 0 Å². The normalized spacial score (nSPS) is 20.1. The molecule has 92 valence electrons. The van der Waals surface area contributed by atoms with E-state index in [9.17, 15) is 4.79 Å². The summed E-state index contributed by atoms with van der Waals surface area (Å²) in [6.07, 6.45) is -0.685. The van der Waals surface area contributed by atoms with Crippen LogP contribution in [0, 0.1) is 0 Å². The SMILES string of the molecule is N/C(=N\O)c1nonc1SCC1CNC(=O)O1. The second-order valence-corrected chi connectivity index (χ2v) is 4.13. The van der Waals surface area contributed by atoms with Gasteiger partial charge < -0.3 is 21.0 Å². The number of hydrogen-bond donors (Lipinski definition) is 3. The van der Waals surface area contributed by atoms with Crippen LogP contribution in [0.5, 0.6) is 0 Å². The van der Waals surface area contributed by atoms with Crippen molar-refractivity contribution in [2.24, 2.45) is 10.9 Å². The molecule has 1 fully saturated rings. The van der Waals surface area contributed by atoms with Crippen LogP contribution in [0.15, 0.2) is 14.8 Å². The number of amides is 1. The molecular formula is C7H9N5O4S. The zero-order valence-corrected chi connectivity index (χ0v) is 9.31. The van der Waals surface area contributed by atoms with Gasteiger partial charge in [0.05, 0.1) is 6.54 Å². The molecule has 0 spiro atoms. The lowest BCUT2D eigenvalue weighted by molar-refractivity contribution is 0.150. The average molecular weight is 259 g/mol. The molecule has 2 heterocycles. The molecule has 2 rings (SSSR count). The third-order valence-electron chi connectivity index (χ3n) is 1.96. The minimum absolute atomic E-state index is 0.162. The smallest absolute Gasteiger partial charge is 0.407 e. The number of alkyl carbamates (subject to hydrolysis) is 1. The molecule has 1 unspecified atom stereocenters. The summed E-state index contributed by atoms with van der Waals surface area (Å²) < 4.78 is 9.41. The molecule has 0 aliphatic carbocycles. The van der Waals surface area contributed by atoms with E-state index in [-0.39, 0.29) is 17.6 Å². The molecule has 1 aliphatic heterocycles.